The van der Waals surface area contributed by atoms with Crippen LogP contribution in [0.25, 0.3) is 0 Å². The number of aliphatic hydroxyl groups is 1. The summed E-state index contributed by atoms with van der Waals surface area (Å²) in [5.74, 6) is 0. The van der Waals surface area contributed by atoms with Gasteiger partial charge in [0.1, 0.15) is 5.60 Å². The molecule has 0 spiro atoms. The van der Waals surface area contributed by atoms with Gasteiger partial charge in [-0.2, -0.15) is 5.10 Å². The zero-order chi connectivity index (χ0) is 12.2. The average molecular weight is 248 g/mol. The van der Waals surface area contributed by atoms with E-state index in [1.165, 1.54) is 6.20 Å². The van der Waals surface area contributed by atoms with Crippen molar-refractivity contribution in [1.82, 2.24) is 9.78 Å². The lowest BCUT2D eigenvalue weighted by Gasteiger charge is -2.26. The van der Waals surface area contributed by atoms with Crippen molar-refractivity contribution in [3.8, 4) is 0 Å². The molecule has 0 aliphatic rings. The summed E-state index contributed by atoms with van der Waals surface area (Å²) in [6.07, 6.45) is 2.00. The molecular weight excluding hydrogens is 230 g/mol. The van der Waals surface area contributed by atoms with Crippen molar-refractivity contribution in [1.29, 1.82) is 0 Å². The predicted octanol–water partition coefficient (Wildman–Crippen LogP) is 0.739. The Bertz CT molecular complexity index is 337. The highest BCUT2D eigenvalue weighted by Crippen LogP contribution is 2.29. The lowest BCUT2D eigenvalue weighted by Crippen LogP contribution is -2.37. The van der Waals surface area contributed by atoms with E-state index in [1.54, 1.807) is 11.8 Å². The molecule has 0 aliphatic carbocycles. The molecule has 16 heavy (non-hydrogen) atoms. The minimum atomic E-state index is -1.12. The number of hydrogen-bond donors (Lipinski definition) is 2. The molecule has 0 saturated carbocycles. The number of halogens is 1. The molecule has 0 aliphatic heterocycles. The van der Waals surface area contributed by atoms with Gasteiger partial charge in [0.05, 0.1) is 30.1 Å². The summed E-state index contributed by atoms with van der Waals surface area (Å²) in [4.78, 5) is 0. The fourth-order valence-electron chi connectivity index (χ4n) is 1.58. The second kappa shape index (κ2) is 5.63. The third kappa shape index (κ3) is 2.55. The van der Waals surface area contributed by atoms with E-state index in [-0.39, 0.29) is 6.54 Å². The molecule has 0 aromatic carbocycles. The van der Waals surface area contributed by atoms with Gasteiger partial charge in [-0.3, -0.25) is 4.68 Å². The van der Waals surface area contributed by atoms with E-state index < -0.39 is 5.60 Å². The Labute approximate surface area is 100 Å². The first kappa shape index (κ1) is 13.4. The van der Waals surface area contributed by atoms with Gasteiger partial charge in [0.15, 0.2) is 0 Å². The maximum Gasteiger partial charge on any atom is 0.120 e. The van der Waals surface area contributed by atoms with Crippen molar-refractivity contribution in [2.45, 2.75) is 25.5 Å². The van der Waals surface area contributed by atoms with Crippen LogP contribution in [0.15, 0.2) is 6.20 Å². The molecule has 5 nitrogen and oxygen atoms in total. The highest BCUT2D eigenvalue weighted by Gasteiger charge is 2.32. The Morgan fingerprint density at radius 2 is 2.38 bits per heavy atom. The molecule has 6 heteroatoms. The van der Waals surface area contributed by atoms with Gasteiger partial charge in [-0.25, -0.2) is 0 Å². The molecule has 92 valence electrons. The normalized spacial score (nSPS) is 15.1. The van der Waals surface area contributed by atoms with Crippen molar-refractivity contribution >= 4 is 11.6 Å². The number of rotatable bonds is 6. The molecule has 3 N–H and O–H groups in total. The Morgan fingerprint density at radius 3 is 2.88 bits per heavy atom. The van der Waals surface area contributed by atoms with Crippen LogP contribution < -0.4 is 5.73 Å². The van der Waals surface area contributed by atoms with Gasteiger partial charge in [-0.1, -0.05) is 18.5 Å². The number of nitrogens with zero attached hydrogens (tertiary/aromatic N) is 2. The van der Waals surface area contributed by atoms with E-state index in [0.29, 0.717) is 30.3 Å². The number of aromatic nitrogens is 2. The fourth-order valence-corrected chi connectivity index (χ4v) is 1.90. The molecule has 1 aromatic rings. The van der Waals surface area contributed by atoms with Crippen LogP contribution in [0.3, 0.4) is 0 Å². The maximum atomic E-state index is 10.3. The average Bonchev–Trinajstić information content (AvgIpc) is 2.67. The molecule has 0 fully saturated rings. The van der Waals surface area contributed by atoms with Crippen LogP contribution in [-0.2, 0) is 16.9 Å². The number of hydrogen-bond acceptors (Lipinski definition) is 4. The van der Waals surface area contributed by atoms with Crippen molar-refractivity contribution in [3.05, 3.63) is 16.9 Å². The summed E-state index contributed by atoms with van der Waals surface area (Å²) >= 11 is 6.03. The topological polar surface area (TPSA) is 73.3 Å². The molecule has 1 heterocycles. The first-order chi connectivity index (χ1) is 7.59. The molecule has 1 aromatic heterocycles. The van der Waals surface area contributed by atoms with Crippen LogP contribution in [0.4, 0.5) is 0 Å². The second-order valence-electron chi connectivity index (χ2n) is 3.65. The second-order valence-corrected chi connectivity index (χ2v) is 4.05. The molecule has 0 amide bonds. The lowest BCUT2D eigenvalue weighted by molar-refractivity contribution is 0.0311. The third-order valence-corrected chi connectivity index (χ3v) is 2.94. The van der Waals surface area contributed by atoms with Gasteiger partial charge in [0.25, 0.3) is 0 Å². The summed E-state index contributed by atoms with van der Waals surface area (Å²) in [7, 11) is 1.61. The molecular formula is C10H18ClN3O2. The van der Waals surface area contributed by atoms with Gasteiger partial charge >= 0.3 is 0 Å². The molecule has 1 unspecified atom stereocenters. The number of methoxy groups -OCH3 is 1. The van der Waals surface area contributed by atoms with Crippen molar-refractivity contribution < 1.29 is 9.84 Å². The van der Waals surface area contributed by atoms with Crippen LogP contribution in [0.5, 0.6) is 0 Å². The zero-order valence-electron chi connectivity index (χ0n) is 9.61. The van der Waals surface area contributed by atoms with Gasteiger partial charge < -0.3 is 15.6 Å². The molecule has 1 rings (SSSR count). The smallest absolute Gasteiger partial charge is 0.120 e. The maximum absolute atomic E-state index is 10.3. The molecule has 0 saturated heterocycles. The van der Waals surface area contributed by atoms with Gasteiger partial charge in [-0.05, 0) is 6.42 Å². The van der Waals surface area contributed by atoms with Gasteiger partial charge in [0.2, 0.25) is 0 Å². The fraction of sp³-hybridized carbons (Fsp3) is 0.700. The van der Waals surface area contributed by atoms with Crippen molar-refractivity contribution in [2.24, 2.45) is 5.73 Å². The third-order valence-electron chi connectivity index (χ3n) is 2.67. The van der Waals surface area contributed by atoms with E-state index in [1.807, 2.05) is 6.92 Å². The highest BCUT2D eigenvalue weighted by atomic mass is 35.5. The van der Waals surface area contributed by atoms with E-state index >= 15 is 0 Å². The van der Waals surface area contributed by atoms with E-state index in [0.717, 1.165) is 0 Å². The quantitative estimate of drug-likeness (QED) is 0.778. The first-order valence-electron chi connectivity index (χ1n) is 5.22. The van der Waals surface area contributed by atoms with E-state index in [9.17, 15) is 5.11 Å². The number of nitrogens with two attached hydrogens (primary N) is 1. The van der Waals surface area contributed by atoms with Gasteiger partial charge in [-0.15, -0.1) is 0 Å². The molecule has 1 atom stereocenters. The minimum Gasteiger partial charge on any atom is -0.383 e. The minimum absolute atomic E-state index is 0.113. The Kier molecular flexibility index (Phi) is 4.73. The molecule has 0 bridgehead atoms. The summed E-state index contributed by atoms with van der Waals surface area (Å²) in [6.45, 7) is 3.02. The van der Waals surface area contributed by atoms with Crippen molar-refractivity contribution in [3.63, 3.8) is 0 Å². The lowest BCUT2D eigenvalue weighted by atomic mass is 9.96. The monoisotopic (exact) mass is 247 g/mol. The standard InChI is InChI=1S/C10H18ClN3O2/c1-3-10(15,7-12)9-8(11)6-13-14(9)4-5-16-2/h6,15H,3-5,7,12H2,1-2H3. The Morgan fingerprint density at radius 1 is 1.69 bits per heavy atom. The van der Waals surface area contributed by atoms with Crippen molar-refractivity contribution in [2.75, 3.05) is 20.3 Å². The largest absolute Gasteiger partial charge is 0.383 e. The van der Waals surface area contributed by atoms with E-state index in [4.69, 9.17) is 22.1 Å². The predicted molar refractivity (Wildman–Crippen MR) is 62.4 cm³/mol. The summed E-state index contributed by atoms with van der Waals surface area (Å²) in [6, 6.07) is 0. The van der Waals surface area contributed by atoms with Crippen LogP contribution in [0.2, 0.25) is 5.02 Å². The molecule has 0 radical (unpaired) electrons. The van der Waals surface area contributed by atoms with Crippen LogP contribution >= 0.6 is 11.6 Å². The van der Waals surface area contributed by atoms with E-state index in [2.05, 4.69) is 5.10 Å². The van der Waals surface area contributed by atoms with Crippen LogP contribution in [-0.4, -0.2) is 35.1 Å². The van der Waals surface area contributed by atoms with Gasteiger partial charge in [0, 0.05) is 13.7 Å². The first-order valence-corrected chi connectivity index (χ1v) is 5.60. The summed E-state index contributed by atoms with van der Waals surface area (Å²) < 4.78 is 6.61. The highest BCUT2D eigenvalue weighted by molar-refractivity contribution is 6.31. The summed E-state index contributed by atoms with van der Waals surface area (Å²) in [5, 5.41) is 14.9. The Balaban J connectivity index is 3.04. The Hall–Kier alpha value is -0.620. The zero-order valence-corrected chi connectivity index (χ0v) is 10.4. The van der Waals surface area contributed by atoms with Crippen LogP contribution in [0.1, 0.15) is 19.0 Å². The summed E-state index contributed by atoms with van der Waals surface area (Å²) in [5.41, 5.74) is 5.04. The van der Waals surface area contributed by atoms with Crippen LogP contribution in [0, 0.1) is 0 Å². The number of ether oxygens (including phenoxy) is 1. The SMILES string of the molecule is CCC(O)(CN)c1c(Cl)cnn1CCOC.